The van der Waals surface area contributed by atoms with Crippen LogP contribution in [0.5, 0.6) is 0 Å². The topological polar surface area (TPSA) is 32.7 Å². The molecule has 3 rings (SSSR count). The fraction of sp³-hybridized carbons (Fsp3) is 0.467. The van der Waals surface area contributed by atoms with Crippen molar-refractivity contribution in [3.05, 3.63) is 29.8 Å². The average molecular weight is 306 g/mol. The normalized spacial score (nSPS) is 19.4. The number of carbonyl (C=O) groups is 1. The Morgan fingerprint density at radius 3 is 3.10 bits per heavy atom. The minimum absolute atomic E-state index is 0.0643. The number of fused-ring (bicyclic) bond motifs is 1. The zero-order valence-electron chi connectivity index (χ0n) is 11.5. The van der Waals surface area contributed by atoms with E-state index in [-0.39, 0.29) is 11.2 Å². The predicted molar refractivity (Wildman–Crippen MR) is 88.9 cm³/mol. The van der Waals surface area contributed by atoms with Crippen LogP contribution in [0.25, 0.3) is 0 Å². The number of para-hydroxylation sites is 1. The van der Waals surface area contributed by atoms with Crippen molar-refractivity contribution in [2.45, 2.75) is 25.0 Å². The summed E-state index contributed by atoms with van der Waals surface area (Å²) in [5.41, 5.74) is 2.38. The summed E-state index contributed by atoms with van der Waals surface area (Å²) in [5.74, 6) is 1.26. The van der Waals surface area contributed by atoms with E-state index < -0.39 is 0 Å². The van der Waals surface area contributed by atoms with Crippen LogP contribution in [0.1, 0.15) is 18.9 Å². The first-order valence-electron chi connectivity index (χ1n) is 6.99. The Morgan fingerprint density at radius 1 is 1.45 bits per heavy atom. The summed E-state index contributed by atoms with van der Waals surface area (Å²) in [5, 5.41) is -0.0643. The van der Waals surface area contributed by atoms with Gasteiger partial charge in [0.1, 0.15) is 4.38 Å². The van der Waals surface area contributed by atoms with Crippen LogP contribution in [0.4, 0.5) is 5.69 Å². The van der Waals surface area contributed by atoms with Crippen molar-refractivity contribution in [2.75, 3.05) is 23.7 Å². The standard InChI is InChI=1S/C15H18N2OS2/c1-11(20-15-16-8-10-19-15)14(18)17-9-4-6-12-5-2-3-7-13(12)17/h2-3,5,7,11H,4,6,8-10H2,1H3. The molecule has 1 aromatic carbocycles. The lowest BCUT2D eigenvalue weighted by atomic mass is 10.0. The Labute approximate surface area is 128 Å². The summed E-state index contributed by atoms with van der Waals surface area (Å²) in [6.45, 7) is 3.71. The largest absolute Gasteiger partial charge is 0.311 e. The molecule has 20 heavy (non-hydrogen) atoms. The third kappa shape index (κ3) is 2.88. The molecule has 0 saturated carbocycles. The van der Waals surface area contributed by atoms with Crippen molar-refractivity contribution in [1.29, 1.82) is 0 Å². The van der Waals surface area contributed by atoms with E-state index in [9.17, 15) is 4.79 Å². The first-order valence-corrected chi connectivity index (χ1v) is 8.85. The molecular weight excluding hydrogens is 288 g/mol. The number of thioether (sulfide) groups is 2. The van der Waals surface area contributed by atoms with Gasteiger partial charge in [-0.15, -0.1) is 0 Å². The second-order valence-corrected chi connectivity index (χ2v) is 7.65. The smallest absolute Gasteiger partial charge is 0.240 e. The second-order valence-electron chi connectivity index (χ2n) is 4.98. The maximum absolute atomic E-state index is 12.7. The molecule has 1 amide bonds. The highest BCUT2D eigenvalue weighted by atomic mass is 32.2. The maximum Gasteiger partial charge on any atom is 0.240 e. The molecule has 1 unspecified atom stereocenters. The summed E-state index contributed by atoms with van der Waals surface area (Å²) in [6, 6.07) is 8.25. The van der Waals surface area contributed by atoms with Gasteiger partial charge in [0, 0.05) is 18.0 Å². The summed E-state index contributed by atoms with van der Waals surface area (Å²) in [4.78, 5) is 19.1. The molecule has 2 aliphatic rings. The van der Waals surface area contributed by atoms with Crippen LogP contribution < -0.4 is 4.90 Å². The fourth-order valence-corrected chi connectivity index (χ4v) is 4.76. The lowest BCUT2D eigenvalue weighted by Crippen LogP contribution is -2.40. The van der Waals surface area contributed by atoms with Crippen LogP contribution in [0.3, 0.4) is 0 Å². The molecule has 0 saturated heterocycles. The molecule has 1 aromatic rings. The third-order valence-corrected chi connectivity index (χ3v) is 5.85. The fourth-order valence-electron chi connectivity index (χ4n) is 2.57. The van der Waals surface area contributed by atoms with Gasteiger partial charge in [-0.25, -0.2) is 0 Å². The van der Waals surface area contributed by atoms with E-state index in [2.05, 4.69) is 23.2 Å². The molecule has 106 valence electrons. The van der Waals surface area contributed by atoms with Crippen molar-refractivity contribution < 1.29 is 4.79 Å². The van der Waals surface area contributed by atoms with Gasteiger partial charge in [-0.05, 0) is 31.4 Å². The van der Waals surface area contributed by atoms with Crippen molar-refractivity contribution in [3.8, 4) is 0 Å². The van der Waals surface area contributed by atoms with Crippen molar-refractivity contribution in [3.63, 3.8) is 0 Å². The zero-order chi connectivity index (χ0) is 13.9. The van der Waals surface area contributed by atoms with E-state index in [0.717, 1.165) is 41.7 Å². The number of aryl methyl sites for hydroxylation is 1. The highest BCUT2D eigenvalue weighted by Crippen LogP contribution is 2.31. The average Bonchev–Trinajstić information content (AvgIpc) is 2.99. The van der Waals surface area contributed by atoms with Crippen LogP contribution in [0.2, 0.25) is 0 Å². The van der Waals surface area contributed by atoms with Crippen LogP contribution in [-0.2, 0) is 11.2 Å². The van der Waals surface area contributed by atoms with Gasteiger partial charge in [0.15, 0.2) is 0 Å². The van der Waals surface area contributed by atoms with Gasteiger partial charge < -0.3 is 4.90 Å². The Morgan fingerprint density at radius 2 is 2.30 bits per heavy atom. The monoisotopic (exact) mass is 306 g/mol. The quantitative estimate of drug-likeness (QED) is 0.841. The van der Waals surface area contributed by atoms with E-state index in [0.29, 0.717) is 0 Å². The number of hydrogen-bond acceptors (Lipinski definition) is 4. The predicted octanol–water partition coefficient (Wildman–Crippen LogP) is 3.19. The number of nitrogens with zero attached hydrogens (tertiary/aromatic N) is 2. The molecule has 3 nitrogen and oxygen atoms in total. The molecule has 5 heteroatoms. The number of benzene rings is 1. The van der Waals surface area contributed by atoms with E-state index in [1.54, 1.807) is 23.5 Å². The number of rotatable bonds is 2. The minimum atomic E-state index is -0.0643. The SMILES string of the molecule is CC(SC1=NCCS1)C(=O)N1CCCc2ccccc21. The lowest BCUT2D eigenvalue weighted by molar-refractivity contribution is -0.117. The van der Waals surface area contributed by atoms with E-state index in [4.69, 9.17) is 0 Å². The van der Waals surface area contributed by atoms with E-state index >= 15 is 0 Å². The van der Waals surface area contributed by atoms with Gasteiger partial charge >= 0.3 is 0 Å². The zero-order valence-corrected chi connectivity index (χ0v) is 13.2. The second kappa shape index (κ2) is 6.22. The maximum atomic E-state index is 12.7. The first-order chi connectivity index (χ1) is 9.75. The molecule has 1 atom stereocenters. The summed E-state index contributed by atoms with van der Waals surface area (Å²) < 4.78 is 1.07. The Hall–Kier alpha value is -0.940. The van der Waals surface area contributed by atoms with Crippen LogP contribution in [0, 0.1) is 0 Å². The van der Waals surface area contributed by atoms with Crippen LogP contribution in [-0.4, -0.2) is 34.4 Å². The van der Waals surface area contributed by atoms with Crippen LogP contribution >= 0.6 is 23.5 Å². The van der Waals surface area contributed by atoms with Gasteiger partial charge in [-0.2, -0.15) is 0 Å². The highest BCUT2D eigenvalue weighted by molar-refractivity contribution is 8.39. The van der Waals surface area contributed by atoms with Gasteiger partial charge in [0.2, 0.25) is 5.91 Å². The lowest BCUT2D eigenvalue weighted by Gasteiger charge is -2.31. The summed E-state index contributed by atoms with van der Waals surface area (Å²) >= 11 is 3.37. The molecular formula is C15H18N2OS2. The molecule has 0 spiro atoms. The Kier molecular flexibility index (Phi) is 4.36. The summed E-state index contributed by atoms with van der Waals surface area (Å²) in [6.07, 6.45) is 2.12. The number of hydrogen-bond donors (Lipinski definition) is 0. The number of amides is 1. The van der Waals surface area contributed by atoms with Crippen LogP contribution in [0.15, 0.2) is 29.3 Å². The van der Waals surface area contributed by atoms with Gasteiger partial charge in [-0.1, -0.05) is 41.7 Å². The Balaban J connectivity index is 1.74. The molecule has 0 fully saturated rings. The number of carbonyl (C=O) groups excluding carboxylic acids is 1. The van der Waals surface area contributed by atoms with Crippen molar-refractivity contribution >= 4 is 39.5 Å². The molecule has 0 bridgehead atoms. The summed E-state index contributed by atoms with van der Waals surface area (Å²) in [7, 11) is 0. The highest BCUT2D eigenvalue weighted by Gasteiger charge is 2.27. The molecule has 2 heterocycles. The molecule has 0 aromatic heterocycles. The van der Waals surface area contributed by atoms with Gasteiger partial charge in [-0.3, -0.25) is 9.79 Å². The van der Waals surface area contributed by atoms with E-state index in [1.165, 1.54) is 5.56 Å². The van der Waals surface area contributed by atoms with Crippen molar-refractivity contribution in [2.24, 2.45) is 4.99 Å². The molecule has 0 radical (unpaired) electrons. The number of aliphatic imine (C=N–C) groups is 1. The van der Waals surface area contributed by atoms with Gasteiger partial charge in [0.05, 0.1) is 11.8 Å². The molecule has 2 aliphatic heterocycles. The first kappa shape index (κ1) is 14.0. The van der Waals surface area contributed by atoms with Gasteiger partial charge in [0.25, 0.3) is 0 Å². The van der Waals surface area contributed by atoms with E-state index in [1.807, 2.05) is 17.9 Å². The molecule has 0 N–H and O–H groups in total. The van der Waals surface area contributed by atoms with Crippen molar-refractivity contribution in [1.82, 2.24) is 0 Å². The minimum Gasteiger partial charge on any atom is -0.311 e. The number of anilines is 1. The Bertz CT molecular complexity index is 544. The molecule has 0 aliphatic carbocycles. The third-order valence-electron chi connectivity index (χ3n) is 3.56.